The molecule has 0 aliphatic carbocycles. The first kappa shape index (κ1) is 9.36. The molecule has 1 rings (SSSR count). The Hall–Kier alpha value is -1.73. The van der Waals surface area contributed by atoms with Gasteiger partial charge in [0, 0.05) is 0 Å². The van der Waals surface area contributed by atoms with Gasteiger partial charge in [0.25, 0.3) is 0 Å². The molecule has 1 aromatic rings. The molecule has 5 heteroatoms. The first-order chi connectivity index (χ1) is 6.16. The fourth-order valence-corrected chi connectivity index (χ4v) is 1.09. The van der Waals surface area contributed by atoms with Gasteiger partial charge in [-0.2, -0.15) is 5.26 Å². The number of hydrogen-bond donors (Lipinski definition) is 2. The maximum absolute atomic E-state index is 8.67. The molecule has 0 aliphatic rings. The molecule has 0 amide bonds. The van der Waals surface area contributed by atoms with E-state index in [2.05, 4.69) is 0 Å². The highest BCUT2D eigenvalue weighted by Crippen LogP contribution is 2.23. The van der Waals surface area contributed by atoms with Crippen molar-refractivity contribution >= 4 is 23.2 Å². The molecule has 1 aromatic carbocycles. The molecule has 0 spiro atoms. The summed E-state index contributed by atoms with van der Waals surface area (Å²) in [7, 11) is 0. The molecular formula is C8H7ClN4. The molecule has 4 nitrogen and oxygen atoms in total. The van der Waals surface area contributed by atoms with Crippen molar-refractivity contribution in [2.75, 3.05) is 4.90 Å². The second kappa shape index (κ2) is 3.78. The highest BCUT2D eigenvalue weighted by atomic mass is 35.5. The number of nitrogens with two attached hydrogens (primary N) is 1. The fraction of sp³-hybridized carbons (Fsp3) is 0. The Kier molecular flexibility index (Phi) is 2.72. The van der Waals surface area contributed by atoms with Gasteiger partial charge in [0.1, 0.15) is 0 Å². The van der Waals surface area contributed by atoms with E-state index in [1.165, 1.54) is 0 Å². The Labute approximate surface area is 80.6 Å². The van der Waals surface area contributed by atoms with Gasteiger partial charge in [-0.25, -0.2) is 4.90 Å². The number of benzene rings is 1. The van der Waals surface area contributed by atoms with Gasteiger partial charge >= 0.3 is 0 Å². The van der Waals surface area contributed by atoms with Crippen LogP contribution in [0.15, 0.2) is 24.3 Å². The largest absolute Gasteiger partial charge is 0.369 e. The van der Waals surface area contributed by atoms with E-state index in [9.17, 15) is 0 Å². The topological polar surface area (TPSA) is 76.9 Å². The zero-order valence-corrected chi connectivity index (χ0v) is 7.42. The van der Waals surface area contributed by atoms with Gasteiger partial charge in [-0.05, 0) is 12.1 Å². The summed E-state index contributed by atoms with van der Waals surface area (Å²) < 4.78 is 0. The van der Waals surface area contributed by atoms with Crippen LogP contribution in [0, 0.1) is 16.9 Å². The van der Waals surface area contributed by atoms with Crippen LogP contribution in [0.1, 0.15) is 0 Å². The third-order valence-electron chi connectivity index (χ3n) is 1.43. The van der Waals surface area contributed by atoms with E-state index < -0.39 is 0 Å². The molecule has 66 valence electrons. The minimum atomic E-state index is -0.351. The number of rotatable bonds is 1. The first-order valence-electron chi connectivity index (χ1n) is 3.45. The van der Waals surface area contributed by atoms with Crippen LogP contribution in [0.3, 0.4) is 0 Å². The van der Waals surface area contributed by atoms with Crippen molar-refractivity contribution in [2.45, 2.75) is 0 Å². The number of para-hydroxylation sites is 1. The van der Waals surface area contributed by atoms with Crippen LogP contribution in [0.4, 0.5) is 5.69 Å². The summed E-state index contributed by atoms with van der Waals surface area (Å²) in [5, 5.41) is 16.2. The van der Waals surface area contributed by atoms with Gasteiger partial charge in [-0.15, -0.1) is 0 Å². The number of anilines is 1. The summed E-state index contributed by atoms with van der Waals surface area (Å²) in [6, 6.07) is 6.70. The molecule has 0 fully saturated rings. The molecule has 0 radical (unpaired) electrons. The van der Waals surface area contributed by atoms with Crippen molar-refractivity contribution in [1.82, 2.24) is 0 Å². The van der Waals surface area contributed by atoms with Crippen LogP contribution in [-0.2, 0) is 0 Å². The number of nitrogens with one attached hydrogen (secondary N) is 1. The minimum Gasteiger partial charge on any atom is -0.369 e. The summed E-state index contributed by atoms with van der Waals surface area (Å²) in [4.78, 5) is 0.947. The summed E-state index contributed by atoms with van der Waals surface area (Å²) in [6.07, 6.45) is 1.76. The summed E-state index contributed by atoms with van der Waals surface area (Å²) >= 11 is 5.80. The molecule has 3 N–H and O–H groups in total. The third kappa shape index (κ3) is 1.89. The van der Waals surface area contributed by atoms with Crippen molar-refractivity contribution in [1.29, 1.82) is 10.7 Å². The van der Waals surface area contributed by atoms with Crippen molar-refractivity contribution in [3.05, 3.63) is 29.3 Å². The molecule has 13 heavy (non-hydrogen) atoms. The predicted octanol–water partition coefficient (Wildman–Crippen LogP) is 1.52. The van der Waals surface area contributed by atoms with Crippen LogP contribution in [-0.4, -0.2) is 5.96 Å². The molecule has 0 saturated heterocycles. The molecule has 0 bridgehead atoms. The van der Waals surface area contributed by atoms with Gasteiger partial charge in [-0.3, -0.25) is 5.41 Å². The average molecular weight is 195 g/mol. The molecule has 0 atom stereocenters. The molecule has 0 aliphatic heterocycles. The molecule has 0 unspecified atom stereocenters. The van der Waals surface area contributed by atoms with E-state index in [0.717, 1.165) is 4.90 Å². The van der Waals surface area contributed by atoms with Crippen LogP contribution in [0.5, 0.6) is 0 Å². The lowest BCUT2D eigenvalue weighted by Crippen LogP contribution is -2.32. The van der Waals surface area contributed by atoms with Gasteiger partial charge < -0.3 is 5.73 Å². The van der Waals surface area contributed by atoms with Crippen molar-refractivity contribution in [2.24, 2.45) is 5.73 Å². The maximum atomic E-state index is 8.67. The van der Waals surface area contributed by atoms with E-state index in [-0.39, 0.29) is 5.96 Å². The normalized spacial score (nSPS) is 8.92. The summed E-state index contributed by atoms with van der Waals surface area (Å²) in [5.74, 6) is -0.351. The Bertz CT molecular complexity index is 369. The Balaban J connectivity index is 3.14. The highest BCUT2D eigenvalue weighted by Gasteiger charge is 2.10. The smallest absolute Gasteiger partial charge is 0.206 e. The maximum Gasteiger partial charge on any atom is 0.206 e. The molecular weight excluding hydrogens is 188 g/mol. The number of halogens is 1. The van der Waals surface area contributed by atoms with Crippen LogP contribution in [0.2, 0.25) is 5.02 Å². The average Bonchev–Trinajstić information content (AvgIpc) is 2.09. The van der Waals surface area contributed by atoms with Crippen LogP contribution >= 0.6 is 11.6 Å². The Morgan fingerprint density at radius 2 is 2.15 bits per heavy atom. The van der Waals surface area contributed by atoms with Gasteiger partial charge in [0.05, 0.1) is 10.7 Å². The van der Waals surface area contributed by atoms with E-state index in [4.69, 9.17) is 28.0 Å². The third-order valence-corrected chi connectivity index (χ3v) is 1.75. The van der Waals surface area contributed by atoms with Crippen molar-refractivity contribution in [3.63, 3.8) is 0 Å². The van der Waals surface area contributed by atoms with Crippen LogP contribution < -0.4 is 10.6 Å². The number of guanidine groups is 1. The lowest BCUT2D eigenvalue weighted by Gasteiger charge is -2.13. The molecule has 0 heterocycles. The van der Waals surface area contributed by atoms with E-state index >= 15 is 0 Å². The SMILES string of the molecule is N#CN(C(=N)N)c1ccccc1Cl. The second-order valence-corrected chi connectivity index (χ2v) is 2.68. The summed E-state index contributed by atoms with van der Waals surface area (Å²) in [6.45, 7) is 0. The van der Waals surface area contributed by atoms with E-state index in [0.29, 0.717) is 10.7 Å². The van der Waals surface area contributed by atoms with Gasteiger partial charge in [0.15, 0.2) is 6.19 Å². The first-order valence-corrected chi connectivity index (χ1v) is 3.83. The quantitative estimate of drug-likeness (QED) is 0.308. The standard InChI is InChI=1S/C8H7ClN4/c9-6-3-1-2-4-7(6)13(5-10)8(11)12/h1-4H,(H3,11,12). The predicted molar refractivity (Wildman–Crippen MR) is 51.5 cm³/mol. The summed E-state index contributed by atoms with van der Waals surface area (Å²) in [5.41, 5.74) is 5.59. The zero-order valence-electron chi connectivity index (χ0n) is 6.66. The lowest BCUT2D eigenvalue weighted by molar-refractivity contribution is 1.25. The number of nitriles is 1. The van der Waals surface area contributed by atoms with Crippen molar-refractivity contribution in [3.8, 4) is 6.19 Å². The molecule has 0 aromatic heterocycles. The minimum absolute atomic E-state index is 0.351. The Morgan fingerprint density at radius 1 is 1.54 bits per heavy atom. The fourth-order valence-electron chi connectivity index (χ4n) is 0.871. The van der Waals surface area contributed by atoms with Gasteiger partial charge in [0.2, 0.25) is 5.96 Å². The molecule has 0 saturated carbocycles. The van der Waals surface area contributed by atoms with E-state index in [1.807, 2.05) is 0 Å². The highest BCUT2D eigenvalue weighted by molar-refractivity contribution is 6.33. The van der Waals surface area contributed by atoms with Crippen LogP contribution in [0.25, 0.3) is 0 Å². The lowest BCUT2D eigenvalue weighted by atomic mass is 10.3. The van der Waals surface area contributed by atoms with E-state index in [1.54, 1.807) is 30.5 Å². The monoisotopic (exact) mass is 194 g/mol. The Morgan fingerprint density at radius 3 is 2.62 bits per heavy atom. The van der Waals surface area contributed by atoms with Gasteiger partial charge in [-0.1, -0.05) is 23.7 Å². The zero-order chi connectivity index (χ0) is 9.84. The number of hydrogen-bond acceptors (Lipinski definition) is 2. The number of nitrogens with zero attached hydrogens (tertiary/aromatic N) is 2. The van der Waals surface area contributed by atoms with Crippen molar-refractivity contribution < 1.29 is 0 Å². The second-order valence-electron chi connectivity index (χ2n) is 2.27.